The zero-order valence-electron chi connectivity index (χ0n) is 34.2. The first kappa shape index (κ1) is 52.8. The maximum atomic E-state index is 13.6. The van der Waals surface area contributed by atoms with Crippen molar-refractivity contribution in [3.8, 4) is 5.75 Å². The summed E-state index contributed by atoms with van der Waals surface area (Å²) >= 11 is 0. The van der Waals surface area contributed by atoms with Gasteiger partial charge in [0.05, 0.1) is 78.0 Å². The molecule has 0 saturated carbocycles. The van der Waals surface area contributed by atoms with E-state index in [-0.39, 0.29) is 32.2 Å². The summed E-state index contributed by atoms with van der Waals surface area (Å²) in [5, 5.41) is 1.19. The third-order valence-corrected chi connectivity index (χ3v) is 8.75. The van der Waals surface area contributed by atoms with Crippen molar-refractivity contribution < 1.29 is 77.9 Å². The highest BCUT2D eigenvalue weighted by Gasteiger charge is 2.28. The van der Waals surface area contributed by atoms with E-state index in [1.165, 1.54) is 23.8 Å². The second-order valence-electron chi connectivity index (χ2n) is 13.5. The summed E-state index contributed by atoms with van der Waals surface area (Å²) in [4.78, 5) is 37.3. The van der Waals surface area contributed by atoms with Crippen LogP contribution in [0.1, 0.15) is 82.3 Å². The molecule has 1 heterocycles. The van der Waals surface area contributed by atoms with E-state index < -0.39 is 59.7 Å². The summed E-state index contributed by atoms with van der Waals surface area (Å²) in [6.07, 6.45) is 4.17. The number of anilines is 1. The highest BCUT2D eigenvalue weighted by atomic mass is 19.4. The van der Waals surface area contributed by atoms with Gasteiger partial charge in [0.15, 0.2) is 0 Å². The molecular formula is C42H54F8N2O9. The molecule has 2 aromatic carbocycles. The number of esters is 1. The number of nitrogens with two attached hydrogens (primary N) is 1. The van der Waals surface area contributed by atoms with E-state index in [4.69, 9.17) is 34.2 Å². The summed E-state index contributed by atoms with van der Waals surface area (Å²) in [5.74, 6) is -13.3. The predicted octanol–water partition coefficient (Wildman–Crippen LogP) is 8.52. The van der Waals surface area contributed by atoms with Gasteiger partial charge in [-0.3, -0.25) is 14.4 Å². The van der Waals surface area contributed by atoms with E-state index in [0.717, 1.165) is 56.0 Å². The van der Waals surface area contributed by atoms with Crippen molar-refractivity contribution in [1.29, 1.82) is 0 Å². The van der Waals surface area contributed by atoms with Crippen molar-refractivity contribution in [2.75, 3.05) is 71.8 Å². The quantitative estimate of drug-likeness (QED) is 0.0131. The number of benzene rings is 2. The zero-order valence-corrected chi connectivity index (χ0v) is 34.2. The van der Waals surface area contributed by atoms with Crippen molar-refractivity contribution in [1.82, 2.24) is 4.98 Å². The number of nitrogens with zero attached hydrogens (tertiary/aromatic N) is 1. The molecule has 0 fully saturated rings. The molecule has 0 spiro atoms. The number of aromatic nitrogens is 1. The number of aryl methyl sites for hydroxylation is 2. The number of aldehydes is 1. The summed E-state index contributed by atoms with van der Waals surface area (Å²) in [7, 11) is 0. The molecule has 3 rings (SSSR count). The van der Waals surface area contributed by atoms with E-state index >= 15 is 0 Å². The smallest absolute Gasteiger partial charge is 0.420 e. The number of Topliss-reactive ketones (excluding diaryl/α,β-unsaturated/α-hetero) is 1. The summed E-state index contributed by atoms with van der Waals surface area (Å²) < 4.78 is 129. The Bertz CT molecular complexity index is 1750. The lowest BCUT2D eigenvalue weighted by molar-refractivity contribution is -0.156. The van der Waals surface area contributed by atoms with Gasteiger partial charge in [-0.2, -0.15) is 22.0 Å². The summed E-state index contributed by atoms with van der Waals surface area (Å²) in [5.41, 5.74) is 9.61. The summed E-state index contributed by atoms with van der Waals surface area (Å²) in [6.45, 7) is 4.59. The number of ketones is 1. The van der Waals surface area contributed by atoms with Crippen LogP contribution in [0.5, 0.6) is 5.75 Å². The van der Waals surface area contributed by atoms with E-state index in [1.807, 2.05) is 12.1 Å². The normalized spacial score (nSPS) is 11.4. The van der Waals surface area contributed by atoms with Gasteiger partial charge in [-0.15, -0.1) is 0 Å². The van der Waals surface area contributed by atoms with Crippen LogP contribution >= 0.6 is 0 Å². The Morgan fingerprint density at radius 3 is 1.66 bits per heavy atom. The molecule has 2 N–H and O–H groups in total. The van der Waals surface area contributed by atoms with Gasteiger partial charge in [0.25, 0.3) is 0 Å². The molecule has 3 aromatic rings. The topological polar surface area (TPSA) is 146 Å². The Hall–Kier alpha value is -4.30. The van der Waals surface area contributed by atoms with Gasteiger partial charge < -0.3 is 34.2 Å². The number of carbonyl (C=O) groups excluding carboxylic acids is 3. The largest absolute Gasteiger partial charge is 0.446 e. The first-order valence-electron chi connectivity index (χ1n) is 20.0. The fourth-order valence-corrected chi connectivity index (χ4v) is 5.58. The average molecular weight is 883 g/mol. The Morgan fingerprint density at radius 2 is 1.11 bits per heavy atom. The lowest BCUT2D eigenvalue weighted by Gasteiger charge is -2.11. The Morgan fingerprint density at radius 1 is 0.639 bits per heavy atom. The minimum Gasteiger partial charge on any atom is -0.420 e. The number of pyridine rings is 1. The average Bonchev–Trinajstić information content (AvgIpc) is 3.23. The lowest BCUT2D eigenvalue weighted by atomic mass is 9.98. The molecule has 61 heavy (non-hydrogen) atoms. The van der Waals surface area contributed by atoms with Gasteiger partial charge >= 0.3 is 12.1 Å². The highest BCUT2D eigenvalue weighted by molar-refractivity contribution is 5.84. The number of unbranched alkanes of at least 4 members (excludes halogenated alkanes) is 5. The zero-order chi connectivity index (χ0) is 45.0. The van der Waals surface area contributed by atoms with Crippen LogP contribution in [-0.4, -0.2) is 95.3 Å². The third kappa shape index (κ3) is 21.4. The Labute approximate surface area is 349 Å². The maximum absolute atomic E-state index is 13.6. The molecule has 0 amide bonds. The van der Waals surface area contributed by atoms with Gasteiger partial charge in [-0.25, -0.2) is 18.2 Å². The van der Waals surface area contributed by atoms with Crippen LogP contribution in [0.4, 0.5) is 40.9 Å². The van der Waals surface area contributed by atoms with Crippen LogP contribution < -0.4 is 10.5 Å². The molecular weight excluding hydrogens is 828 g/mol. The van der Waals surface area contributed by atoms with Crippen LogP contribution in [0, 0.1) is 29.1 Å². The van der Waals surface area contributed by atoms with E-state index in [2.05, 4.69) is 28.8 Å². The molecule has 342 valence electrons. The van der Waals surface area contributed by atoms with Crippen molar-refractivity contribution in [2.24, 2.45) is 0 Å². The molecule has 0 unspecified atom stereocenters. The maximum Gasteiger partial charge on any atom is 0.446 e. The van der Waals surface area contributed by atoms with Gasteiger partial charge in [0.2, 0.25) is 41.1 Å². The van der Waals surface area contributed by atoms with E-state index in [9.17, 15) is 44.7 Å². The van der Waals surface area contributed by atoms with Crippen molar-refractivity contribution in [3.63, 3.8) is 0 Å². The monoisotopic (exact) mass is 882 g/mol. The van der Waals surface area contributed by atoms with Gasteiger partial charge in [0, 0.05) is 18.2 Å². The molecule has 0 aliphatic rings. The first-order chi connectivity index (χ1) is 29.2. The fourth-order valence-electron chi connectivity index (χ4n) is 5.58. The SMILES string of the molecule is CCCCCc1cc2c(CCCCCCC(=O)CCOCCOCCOCCOCCOCCC(=O)Oc3c(F)c(F)c(F)c(F)c3F)cccc2nc1N.O=CC(F)(F)F. The highest BCUT2D eigenvalue weighted by Crippen LogP contribution is 2.29. The fraction of sp³-hybridized carbons (Fsp3) is 0.571. The molecule has 0 bridgehead atoms. The third-order valence-electron chi connectivity index (χ3n) is 8.75. The number of ether oxygens (including phenoxy) is 6. The van der Waals surface area contributed by atoms with Crippen LogP contribution in [0.2, 0.25) is 0 Å². The van der Waals surface area contributed by atoms with Crippen molar-refractivity contribution in [2.45, 2.75) is 90.1 Å². The van der Waals surface area contributed by atoms with Crippen molar-refractivity contribution >= 4 is 34.8 Å². The number of hydrogen-bond acceptors (Lipinski definition) is 11. The standard InChI is InChI=1S/C40H53F5N2O8.C2HF3O/c1-2-3-6-11-29-27-31-28(12-9-14-32(31)47-40(29)46)10-7-4-5-8-13-30(48)15-17-50-19-21-52-23-25-54-26-24-53-22-20-51-18-16-33(49)55-39-37(44)35(42)34(41)36(43)38(39)45;3-2(4,5)1-6/h9,12,14,27H,2-8,10-11,13,15-26H2,1H3,(H2,46,47);1H. The number of alkyl halides is 3. The molecule has 11 nitrogen and oxygen atoms in total. The molecule has 19 heteroatoms. The number of carbonyl (C=O) groups is 3. The Balaban J connectivity index is 0.00000198. The van der Waals surface area contributed by atoms with Crippen LogP contribution in [-0.2, 0) is 50.9 Å². The molecule has 0 radical (unpaired) electrons. The van der Waals surface area contributed by atoms with Crippen LogP contribution in [0.25, 0.3) is 10.9 Å². The molecule has 1 aromatic heterocycles. The summed E-state index contributed by atoms with van der Waals surface area (Å²) in [6, 6.07) is 8.46. The number of rotatable bonds is 30. The molecule has 0 aliphatic carbocycles. The van der Waals surface area contributed by atoms with Crippen LogP contribution in [0.3, 0.4) is 0 Å². The predicted molar refractivity (Wildman–Crippen MR) is 208 cm³/mol. The minimum atomic E-state index is -4.64. The second kappa shape index (κ2) is 29.9. The number of nitrogen functional groups attached to an aromatic ring is 1. The van der Waals surface area contributed by atoms with Crippen molar-refractivity contribution in [3.05, 3.63) is 64.5 Å². The van der Waals surface area contributed by atoms with Crippen LogP contribution in [0.15, 0.2) is 24.3 Å². The lowest BCUT2D eigenvalue weighted by Crippen LogP contribution is -2.16. The number of halogens is 8. The molecule has 0 saturated heterocycles. The van der Waals surface area contributed by atoms with E-state index in [0.29, 0.717) is 58.3 Å². The molecule has 0 atom stereocenters. The molecule has 0 aliphatic heterocycles. The first-order valence-corrected chi connectivity index (χ1v) is 20.0. The number of fused-ring (bicyclic) bond motifs is 1. The number of hydrogen-bond donors (Lipinski definition) is 1. The van der Waals surface area contributed by atoms with Gasteiger partial charge in [-0.1, -0.05) is 44.7 Å². The second-order valence-corrected chi connectivity index (χ2v) is 13.5. The van der Waals surface area contributed by atoms with Gasteiger partial charge in [0.1, 0.15) is 11.6 Å². The van der Waals surface area contributed by atoms with Gasteiger partial charge in [-0.05, 0) is 55.4 Å². The Kier molecular flexibility index (Phi) is 25.9. The minimum absolute atomic E-state index is 0.0765. The van der Waals surface area contributed by atoms with E-state index in [1.54, 1.807) is 0 Å².